The van der Waals surface area contributed by atoms with E-state index < -0.39 is 5.82 Å². The fraction of sp³-hybridized carbons (Fsp3) is 0.158. The number of rotatable bonds is 7. The van der Waals surface area contributed by atoms with Crippen LogP contribution in [0.3, 0.4) is 0 Å². The first-order valence-electron chi connectivity index (χ1n) is 7.90. The smallest absolute Gasteiger partial charge is 0.258 e. The Morgan fingerprint density at radius 1 is 1.08 bits per heavy atom. The van der Waals surface area contributed by atoms with E-state index in [2.05, 4.69) is 10.4 Å². The lowest BCUT2D eigenvalue weighted by Gasteiger charge is -2.11. The van der Waals surface area contributed by atoms with Crippen LogP contribution >= 0.6 is 0 Å². The molecule has 3 aromatic rings. The molecule has 0 aliphatic heterocycles. The maximum Gasteiger partial charge on any atom is 0.258 e. The second-order valence-corrected chi connectivity index (χ2v) is 5.47. The Kier molecular flexibility index (Phi) is 5.41. The van der Waals surface area contributed by atoms with Gasteiger partial charge in [0.05, 0.1) is 6.54 Å². The average Bonchev–Trinajstić information content (AvgIpc) is 3.13. The van der Waals surface area contributed by atoms with Crippen LogP contribution < -0.4 is 10.1 Å². The normalized spacial score (nSPS) is 10.4. The quantitative estimate of drug-likeness (QED) is 0.720. The van der Waals surface area contributed by atoms with Gasteiger partial charge in [-0.25, -0.2) is 4.39 Å². The molecule has 6 heteroatoms. The molecule has 0 aliphatic rings. The molecule has 0 bridgehead atoms. The molecule has 0 fully saturated rings. The average molecular weight is 339 g/mol. The summed E-state index contributed by atoms with van der Waals surface area (Å²) in [6.45, 7) is 0.768. The van der Waals surface area contributed by atoms with E-state index in [0.717, 1.165) is 11.1 Å². The van der Waals surface area contributed by atoms with Gasteiger partial charge in [-0.1, -0.05) is 36.4 Å². The van der Waals surface area contributed by atoms with Crippen LogP contribution in [0.5, 0.6) is 5.75 Å². The Balaban J connectivity index is 1.54. The Hall–Kier alpha value is -3.15. The van der Waals surface area contributed by atoms with Gasteiger partial charge in [-0.15, -0.1) is 0 Å². The molecule has 5 nitrogen and oxygen atoms in total. The second kappa shape index (κ2) is 8.10. The number of hydrogen-bond acceptors (Lipinski definition) is 3. The van der Waals surface area contributed by atoms with E-state index in [1.54, 1.807) is 18.3 Å². The highest BCUT2D eigenvalue weighted by molar-refractivity contribution is 5.77. The van der Waals surface area contributed by atoms with Gasteiger partial charge in [0.1, 0.15) is 0 Å². The zero-order valence-electron chi connectivity index (χ0n) is 13.6. The number of hydrogen-bond donors (Lipinski definition) is 1. The maximum absolute atomic E-state index is 13.5. The van der Waals surface area contributed by atoms with Gasteiger partial charge in [0.2, 0.25) is 0 Å². The number of amides is 1. The van der Waals surface area contributed by atoms with Gasteiger partial charge in [0.25, 0.3) is 5.91 Å². The molecule has 0 atom stereocenters. The van der Waals surface area contributed by atoms with Crippen molar-refractivity contribution in [3.63, 3.8) is 0 Å². The van der Waals surface area contributed by atoms with E-state index in [1.165, 1.54) is 12.1 Å². The first-order valence-corrected chi connectivity index (χ1v) is 7.90. The van der Waals surface area contributed by atoms with Gasteiger partial charge >= 0.3 is 0 Å². The van der Waals surface area contributed by atoms with E-state index in [-0.39, 0.29) is 18.3 Å². The number of nitrogens with one attached hydrogen (secondary N) is 1. The second-order valence-electron chi connectivity index (χ2n) is 5.47. The summed E-state index contributed by atoms with van der Waals surface area (Å²) >= 11 is 0. The summed E-state index contributed by atoms with van der Waals surface area (Å²) in [5.74, 6) is -0.728. The van der Waals surface area contributed by atoms with Crippen molar-refractivity contribution in [2.75, 3.05) is 6.61 Å². The van der Waals surface area contributed by atoms with Crippen LogP contribution in [0.4, 0.5) is 4.39 Å². The molecule has 0 unspecified atom stereocenters. The number of carbonyl (C=O) groups is 1. The van der Waals surface area contributed by atoms with E-state index in [4.69, 9.17) is 4.74 Å². The summed E-state index contributed by atoms with van der Waals surface area (Å²) in [4.78, 5) is 12.0. The first-order chi connectivity index (χ1) is 12.2. The zero-order chi connectivity index (χ0) is 17.5. The van der Waals surface area contributed by atoms with Gasteiger partial charge in [-0.3, -0.25) is 9.48 Å². The van der Waals surface area contributed by atoms with Gasteiger partial charge in [0, 0.05) is 18.9 Å². The predicted molar refractivity (Wildman–Crippen MR) is 91.5 cm³/mol. The van der Waals surface area contributed by atoms with Crippen LogP contribution in [0.1, 0.15) is 11.1 Å². The van der Waals surface area contributed by atoms with Gasteiger partial charge in [0.15, 0.2) is 18.2 Å². The van der Waals surface area contributed by atoms with Crippen molar-refractivity contribution in [3.8, 4) is 5.75 Å². The van der Waals surface area contributed by atoms with E-state index in [0.29, 0.717) is 13.1 Å². The monoisotopic (exact) mass is 339 g/mol. The van der Waals surface area contributed by atoms with Crippen molar-refractivity contribution >= 4 is 5.91 Å². The van der Waals surface area contributed by atoms with E-state index >= 15 is 0 Å². The lowest BCUT2D eigenvalue weighted by molar-refractivity contribution is -0.123. The Bertz CT molecular complexity index is 834. The first kappa shape index (κ1) is 16.7. The molecule has 0 aliphatic carbocycles. The molecule has 0 radical (unpaired) electrons. The lowest BCUT2D eigenvalue weighted by atomic mass is 10.1. The molecular formula is C19H18FN3O2. The summed E-state index contributed by atoms with van der Waals surface area (Å²) in [6.07, 6.45) is 3.61. The van der Waals surface area contributed by atoms with Crippen LogP contribution in [-0.2, 0) is 17.9 Å². The van der Waals surface area contributed by atoms with Crippen LogP contribution in [0.15, 0.2) is 67.0 Å². The fourth-order valence-electron chi connectivity index (χ4n) is 2.40. The van der Waals surface area contributed by atoms with Crippen molar-refractivity contribution in [2.24, 2.45) is 0 Å². The topological polar surface area (TPSA) is 56.1 Å². The Labute approximate surface area is 145 Å². The standard InChI is InChI=1S/C19H18FN3O2/c20-17-8-3-4-9-18(17)25-14-19(24)21-12-15-6-1-2-7-16(15)13-23-11-5-10-22-23/h1-11H,12-14H2,(H,21,24). The van der Waals surface area contributed by atoms with Crippen molar-refractivity contribution in [2.45, 2.75) is 13.1 Å². The summed E-state index contributed by atoms with van der Waals surface area (Å²) in [7, 11) is 0. The number of nitrogens with zero attached hydrogens (tertiary/aromatic N) is 2. The van der Waals surface area contributed by atoms with E-state index in [9.17, 15) is 9.18 Å². The molecule has 1 heterocycles. The third kappa shape index (κ3) is 4.67. The molecule has 25 heavy (non-hydrogen) atoms. The predicted octanol–water partition coefficient (Wildman–Crippen LogP) is 2.77. The lowest BCUT2D eigenvalue weighted by Crippen LogP contribution is -2.29. The van der Waals surface area contributed by atoms with Crippen molar-refractivity contribution in [1.82, 2.24) is 15.1 Å². The molecule has 0 saturated heterocycles. The van der Waals surface area contributed by atoms with Crippen molar-refractivity contribution in [1.29, 1.82) is 0 Å². The summed E-state index contributed by atoms with van der Waals surface area (Å²) in [6, 6.07) is 15.7. The minimum absolute atomic E-state index is 0.0664. The number of aromatic nitrogens is 2. The number of ether oxygens (including phenoxy) is 1. The third-order valence-corrected chi connectivity index (χ3v) is 3.68. The summed E-state index contributed by atoms with van der Waals surface area (Å²) in [5, 5.41) is 6.99. The molecule has 128 valence electrons. The fourth-order valence-corrected chi connectivity index (χ4v) is 2.40. The van der Waals surface area contributed by atoms with Gasteiger partial charge < -0.3 is 10.1 Å². The molecule has 1 amide bonds. The Morgan fingerprint density at radius 2 is 1.84 bits per heavy atom. The summed E-state index contributed by atoms with van der Waals surface area (Å²) < 4.78 is 20.5. The zero-order valence-corrected chi connectivity index (χ0v) is 13.6. The molecule has 0 saturated carbocycles. The molecule has 1 N–H and O–H groups in total. The van der Waals surface area contributed by atoms with Gasteiger partial charge in [-0.05, 0) is 29.3 Å². The molecule has 2 aromatic carbocycles. The summed E-state index contributed by atoms with van der Waals surface area (Å²) in [5.41, 5.74) is 2.07. The van der Waals surface area contributed by atoms with Crippen LogP contribution in [0, 0.1) is 5.82 Å². The van der Waals surface area contributed by atoms with Crippen LogP contribution in [-0.4, -0.2) is 22.3 Å². The van der Waals surface area contributed by atoms with E-state index in [1.807, 2.05) is 41.2 Å². The molecular weight excluding hydrogens is 321 g/mol. The Morgan fingerprint density at radius 3 is 2.60 bits per heavy atom. The highest BCUT2D eigenvalue weighted by atomic mass is 19.1. The molecule has 3 rings (SSSR count). The van der Waals surface area contributed by atoms with Crippen molar-refractivity contribution in [3.05, 3.63) is 83.9 Å². The largest absolute Gasteiger partial charge is 0.481 e. The number of para-hydroxylation sites is 1. The number of benzene rings is 2. The van der Waals surface area contributed by atoms with Crippen molar-refractivity contribution < 1.29 is 13.9 Å². The number of carbonyl (C=O) groups excluding carboxylic acids is 1. The maximum atomic E-state index is 13.5. The van der Waals surface area contributed by atoms with Crippen LogP contribution in [0.2, 0.25) is 0 Å². The molecule has 0 spiro atoms. The highest BCUT2D eigenvalue weighted by Crippen LogP contribution is 2.15. The third-order valence-electron chi connectivity index (χ3n) is 3.68. The minimum Gasteiger partial charge on any atom is -0.481 e. The highest BCUT2D eigenvalue weighted by Gasteiger charge is 2.08. The van der Waals surface area contributed by atoms with Crippen LogP contribution in [0.25, 0.3) is 0 Å². The minimum atomic E-state index is -0.486. The SMILES string of the molecule is O=C(COc1ccccc1F)NCc1ccccc1Cn1cccn1. The molecule has 1 aromatic heterocycles. The van der Waals surface area contributed by atoms with Gasteiger partial charge in [-0.2, -0.15) is 5.10 Å². The number of halogens is 1.